The second-order valence-corrected chi connectivity index (χ2v) is 7.34. The molecule has 0 saturated carbocycles. The van der Waals surface area contributed by atoms with Gasteiger partial charge in [0.05, 0.1) is 18.0 Å². The van der Waals surface area contributed by atoms with Gasteiger partial charge in [-0.2, -0.15) is 0 Å². The van der Waals surface area contributed by atoms with E-state index in [0.717, 1.165) is 38.2 Å². The van der Waals surface area contributed by atoms with Crippen LogP contribution in [-0.4, -0.2) is 41.1 Å². The number of piperidine rings is 1. The number of nitrogens with zero attached hydrogens (tertiary/aromatic N) is 2. The molecular formula is C21H25N3O2. The molecule has 0 aliphatic carbocycles. The Morgan fingerprint density at radius 3 is 3.00 bits per heavy atom. The number of aromatic nitrogens is 1. The lowest BCUT2D eigenvalue weighted by molar-refractivity contribution is -0.127. The van der Waals surface area contributed by atoms with E-state index in [4.69, 9.17) is 4.74 Å². The third kappa shape index (κ3) is 3.79. The maximum absolute atomic E-state index is 12.5. The summed E-state index contributed by atoms with van der Waals surface area (Å²) in [5.74, 6) is 0.422. The van der Waals surface area contributed by atoms with Crippen LogP contribution < -0.4 is 5.32 Å². The summed E-state index contributed by atoms with van der Waals surface area (Å²) < 4.78 is 6.12. The lowest BCUT2D eigenvalue weighted by Gasteiger charge is -2.34. The molecule has 2 aliphatic rings. The van der Waals surface area contributed by atoms with Crippen molar-refractivity contribution in [1.82, 2.24) is 9.88 Å². The fourth-order valence-electron chi connectivity index (χ4n) is 3.99. The molecule has 0 spiro atoms. The average molecular weight is 351 g/mol. The van der Waals surface area contributed by atoms with Crippen molar-refractivity contribution in [3.8, 4) is 0 Å². The fourth-order valence-corrected chi connectivity index (χ4v) is 3.99. The lowest BCUT2D eigenvalue weighted by Crippen LogP contribution is -2.42. The van der Waals surface area contributed by atoms with Crippen LogP contribution in [0.3, 0.4) is 0 Å². The van der Waals surface area contributed by atoms with Gasteiger partial charge in [-0.1, -0.05) is 24.3 Å². The third-order valence-electron chi connectivity index (χ3n) is 5.51. The van der Waals surface area contributed by atoms with Gasteiger partial charge in [-0.3, -0.25) is 14.7 Å². The molecule has 2 saturated heterocycles. The topological polar surface area (TPSA) is 54.5 Å². The maximum Gasteiger partial charge on any atom is 0.253 e. The van der Waals surface area contributed by atoms with Gasteiger partial charge in [-0.25, -0.2) is 0 Å². The number of hydrogen-bond donors (Lipinski definition) is 1. The molecule has 5 heteroatoms. The van der Waals surface area contributed by atoms with Crippen LogP contribution in [0.1, 0.15) is 24.0 Å². The Kier molecular flexibility index (Phi) is 5.00. The molecule has 26 heavy (non-hydrogen) atoms. The Morgan fingerprint density at radius 1 is 1.31 bits per heavy atom. The summed E-state index contributed by atoms with van der Waals surface area (Å²) in [6.07, 6.45) is 5.05. The molecule has 1 N–H and O–H groups in total. The number of anilines is 1. The van der Waals surface area contributed by atoms with Gasteiger partial charge in [0, 0.05) is 19.3 Å². The molecule has 5 nitrogen and oxygen atoms in total. The van der Waals surface area contributed by atoms with E-state index in [1.165, 1.54) is 11.1 Å². The minimum Gasteiger partial charge on any atom is -0.364 e. The van der Waals surface area contributed by atoms with Gasteiger partial charge in [0.25, 0.3) is 5.91 Å². The Hall–Kier alpha value is -2.24. The summed E-state index contributed by atoms with van der Waals surface area (Å²) >= 11 is 0. The summed E-state index contributed by atoms with van der Waals surface area (Å²) in [7, 11) is 0. The van der Waals surface area contributed by atoms with E-state index < -0.39 is 0 Å². The zero-order chi connectivity index (χ0) is 17.9. The number of ether oxygens (including phenoxy) is 1. The summed E-state index contributed by atoms with van der Waals surface area (Å²) in [6, 6.07) is 12.2. The molecule has 3 heterocycles. The van der Waals surface area contributed by atoms with Crippen molar-refractivity contribution in [3.63, 3.8) is 0 Å². The summed E-state index contributed by atoms with van der Waals surface area (Å²) in [6.45, 7) is 5.07. The number of pyridine rings is 1. The van der Waals surface area contributed by atoms with Crippen LogP contribution >= 0.6 is 0 Å². The Labute approximate surface area is 154 Å². The largest absolute Gasteiger partial charge is 0.364 e. The molecule has 2 aromatic rings. The van der Waals surface area contributed by atoms with Gasteiger partial charge in [-0.15, -0.1) is 0 Å². The van der Waals surface area contributed by atoms with E-state index in [9.17, 15) is 4.79 Å². The molecule has 0 radical (unpaired) electrons. The number of likely N-dealkylation sites (tertiary alicyclic amines) is 1. The number of carbonyl (C=O) groups excluding carboxylic acids is 1. The first-order valence-electron chi connectivity index (χ1n) is 9.32. The zero-order valence-electron chi connectivity index (χ0n) is 15.1. The highest BCUT2D eigenvalue weighted by Crippen LogP contribution is 2.34. The molecule has 0 bridgehead atoms. The van der Waals surface area contributed by atoms with Crippen LogP contribution in [0.25, 0.3) is 0 Å². The predicted molar refractivity (Wildman–Crippen MR) is 101 cm³/mol. The van der Waals surface area contributed by atoms with Crippen LogP contribution in [0, 0.1) is 12.8 Å². The summed E-state index contributed by atoms with van der Waals surface area (Å²) in [4.78, 5) is 19.0. The third-order valence-corrected chi connectivity index (χ3v) is 5.51. The van der Waals surface area contributed by atoms with E-state index in [1.807, 2.05) is 12.1 Å². The van der Waals surface area contributed by atoms with Crippen molar-refractivity contribution in [1.29, 1.82) is 0 Å². The van der Waals surface area contributed by atoms with Gasteiger partial charge in [-0.05, 0) is 55.5 Å². The fraction of sp³-hybridized carbons (Fsp3) is 0.429. The first-order valence-corrected chi connectivity index (χ1v) is 9.32. The van der Waals surface area contributed by atoms with E-state index in [-0.39, 0.29) is 18.1 Å². The molecule has 2 fully saturated rings. The van der Waals surface area contributed by atoms with Gasteiger partial charge < -0.3 is 10.1 Å². The number of rotatable bonds is 4. The van der Waals surface area contributed by atoms with Crippen LogP contribution in [0.2, 0.25) is 0 Å². The van der Waals surface area contributed by atoms with Gasteiger partial charge in [0.15, 0.2) is 0 Å². The second-order valence-electron chi connectivity index (χ2n) is 7.34. The van der Waals surface area contributed by atoms with Crippen LogP contribution in [-0.2, 0) is 16.1 Å². The van der Waals surface area contributed by atoms with Crippen molar-refractivity contribution < 1.29 is 9.53 Å². The molecule has 1 amide bonds. The highest BCUT2D eigenvalue weighted by atomic mass is 16.5. The Balaban J connectivity index is 1.34. The molecule has 136 valence electrons. The molecular weight excluding hydrogens is 326 g/mol. The normalized spacial score (nSPS) is 25.7. The van der Waals surface area contributed by atoms with Crippen molar-refractivity contribution in [3.05, 3.63) is 59.9 Å². The van der Waals surface area contributed by atoms with Crippen molar-refractivity contribution >= 4 is 11.6 Å². The van der Waals surface area contributed by atoms with Crippen molar-refractivity contribution in [2.24, 2.45) is 5.92 Å². The van der Waals surface area contributed by atoms with Crippen LogP contribution in [0.15, 0.2) is 48.8 Å². The first kappa shape index (κ1) is 17.2. The number of fused-ring (bicyclic) bond motifs is 1. The number of benzene rings is 1. The number of hydrogen-bond acceptors (Lipinski definition) is 4. The molecule has 3 atom stereocenters. The maximum atomic E-state index is 12.5. The van der Waals surface area contributed by atoms with Crippen LogP contribution in [0.5, 0.6) is 0 Å². The Bertz CT molecular complexity index is 765. The summed E-state index contributed by atoms with van der Waals surface area (Å²) in [5, 5.41) is 2.91. The first-order chi connectivity index (χ1) is 12.7. The number of nitrogens with one attached hydrogen (secondary N) is 1. The summed E-state index contributed by atoms with van der Waals surface area (Å²) in [5.41, 5.74) is 3.42. The number of carbonyl (C=O) groups is 1. The smallest absolute Gasteiger partial charge is 0.253 e. The number of aryl methyl sites for hydroxylation is 1. The standard InChI is InChI=1S/C21H25N3O2/c1-15-5-2-3-6-17(15)13-24-10-8-16-11-19(26-20(16)14-24)21(25)23-18-7-4-9-22-12-18/h2-7,9,12,16,19-20H,8,10-11,13-14H2,1H3,(H,23,25)/t16-,19-,20+/m0/s1. The van der Waals surface area contributed by atoms with Crippen molar-refractivity contribution in [2.75, 3.05) is 18.4 Å². The number of amides is 1. The predicted octanol–water partition coefficient (Wildman–Crippen LogP) is 3.01. The molecule has 2 aliphatic heterocycles. The SMILES string of the molecule is Cc1ccccc1CN1CC[C@H]2C[C@@H](C(=O)Nc3cccnc3)O[C@@H]2C1. The minimum absolute atomic E-state index is 0.0575. The Morgan fingerprint density at radius 2 is 2.19 bits per heavy atom. The quantitative estimate of drug-likeness (QED) is 0.920. The van der Waals surface area contributed by atoms with Gasteiger partial charge in [0.1, 0.15) is 6.10 Å². The van der Waals surface area contributed by atoms with E-state index in [1.54, 1.807) is 12.4 Å². The average Bonchev–Trinajstić information content (AvgIpc) is 3.08. The van der Waals surface area contributed by atoms with E-state index >= 15 is 0 Å². The monoisotopic (exact) mass is 351 g/mol. The zero-order valence-corrected chi connectivity index (χ0v) is 15.1. The second kappa shape index (κ2) is 7.56. The molecule has 4 rings (SSSR count). The van der Waals surface area contributed by atoms with Crippen LogP contribution in [0.4, 0.5) is 5.69 Å². The van der Waals surface area contributed by atoms with Gasteiger partial charge in [0.2, 0.25) is 0 Å². The van der Waals surface area contributed by atoms with E-state index in [0.29, 0.717) is 5.92 Å². The van der Waals surface area contributed by atoms with E-state index in [2.05, 4.69) is 46.4 Å². The minimum atomic E-state index is -0.358. The molecule has 1 aromatic carbocycles. The molecule has 1 aromatic heterocycles. The molecule has 0 unspecified atom stereocenters. The highest BCUT2D eigenvalue weighted by molar-refractivity contribution is 5.94. The van der Waals surface area contributed by atoms with Gasteiger partial charge >= 0.3 is 0 Å². The highest BCUT2D eigenvalue weighted by Gasteiger charge is 2.41. The van der Waals surface area contributed by atoms with Crippen molar-refractivity contribution in [2.45, 2.75) is 38.5 Å². The lowest BCUT2D eigenvalue weighted by atomic mass is 9.91.